The summed E-state index contributed by atoms with van der Waals surface area (Å²) in [6.07, 6.45) is 0.572. The van der Waals surface area contributed by atoms with Crippen LogP contribution in [0.5, 0.6) is 11.5 Å². The molecule has 0 radical (unpaired) electrons. The number of hydrogen-bond donors (Lipinski definition) is 2. The van der Waals surface area contributed by atoms with Gasteiger partial charge in [0.05, 0.1) is 0 Å². The molecule has 0 aliphatic carbocycles. The van der Waals surface area contributed by atoms with Crippen LogP contribution >= 0.6 is 0 Å². The Kier molecular flexibility index (Phi) is 4.35. The summed E-state index contributed by atoms with van der Waals surface area (Å²) in [6.45, 7) is 1.58. The second-order valence-electron chi connectivity index (χ2n) is 6.12. The molecule has 2 aromatic carbocycles. The smallest absolute Gasteiger partial charge is 0.319 e. The maximum absolute atomic E-state index is 12.5. The SMILES string of the molecule is O=C(Nc1ccc2c(c1)OCCO2)NC1CCN(c2ccccc2)C1=O. The lowest BCUT2D eigenvalue weighted by Gasteiger charge is -2.19. The van der Waals surface area contributed by atoms with Crippen LogP contribution in [0.1, 0.15) is 6.42 Å². The van der Waals surface area contributed by atoms with Gasteiger partial charge in [-0.2, -0.15) is 0 Å². The predicted octanol–water partition coefficient (Wildman–Crippen LogP) is 2.38. The average Bonchev–Trinajstić information content (AvgIpc) is 3.02. The number of benzene rings is 2. The maximum atomic E-state index is 12.5. The summed E-state index contributed by atoms with van der Waals surface area (Å²) >= 11 is 0. The molecule has 2 heterocycles. The van der Waals surface area contributed by atoms with Gasteiger partial charge in [0.1, 0.15) is 19.3 Å². The third-order valence-corrected chi connectivity index (χ3v) is 4.38. The third-order valence-electron chi connectivity index (χ3n) is 4.38. The van der Waals surface area contributed by atoms with Crippen molar-refractivity contribution in [1.29, 1.82) is 0 Å². The number of anilines is 2. The normalized spacial score (nSPS) is 18.5. The molecule has 4 rings (SSSR count). The summed E-state index contributed by atoms with van der Waals surface area (Å²) in [5.74, 6) is 1.15. The number of ether oxygens (including phenoxy) is 2. The summed E-state index contributed by atoms with van der Waals surface area (Å²) in [7, 11) is 0. The third kappa shape index (κ3) is 3.28. The van der Waals surface area contributed by atoms with E-state index in [0.29, 0.717) is 43.4 Å². The van der Waals surface area contributed by atoms with E-state index in [2.05, 4.69) is 10.6 Å². The largest absolute Gasteiger partial charge is 0.486 e. The number of nitrogens with one attached hydrogen (secondary N) is 2. The molecule has 0 saturated carbocycles. The van der Waals surface area contributed by atoms with Gasteiger partial charge in [0.2, 0.25) is 5.91 Å². The van der Waals surface area contributed by atoms with Gasteiger partial charge in [-0.3, -0.25) is 4.79 Å². The minimum absolute atomic E-state index is 0.103. The number of rotatable bonds is 3. The maximum Gasteiger partial charge on any atom is 0.319 e. The summed E-state index contributed by atoms with van der Waals surface area (Å²) in [6, 6.07) is 13.7. The Hall–Kier alpha value is -3.22. The Morgan fingerprint density at radius 2 is 1.81 bits per heavy atom. The summed E-state index contributed by atoms with van der Waals surface area (Å²) in [5.41, 5.74) is 1.42. The Morgan fingerprint density at radius 3 is 2.62 bits per heavy atom. The van der Waals surface area contributed by atoms with Crippen molar-refractivity contribution in [2.75, 3.05) is 30.0 Å². The zero-order valence-electron chi connectivity index (χ0n) is 14.1. The van der Waals surface area contributed by atoms with Crippen LogP contribution in [-0.2, 0) is 4.79 Å². The number of hydrogen-bond acceptors (Lipinski definition) is 4. The minimum atomic E-state index is -0.535. The van der Waals surface area contributed by atoms with Crippen molar-refractivity contribution in [3.63, 3.8) is 0 Å². The number of amides is 3. The monoisotopic (exact) mass is 353 g/mol. The molecular weight excluding hydrogens is 334 g/mol. The van der Waals surface area contributed by atoms with Crippen LogP contribution in [0.25, 0.3) is 0 Å². The average molecular weight is 353 g/mol. The van der Waals surface area contributed by atoms with Gasteiger partial charge in [-0.1, -0.05) is 18.2 Å². The van der Waals surface area contributed by atoms with Gasteiger partial charge < -0.3 is 25.0 Å². The molecule has 0 aromatic heterocycles. The van der Waals surface area contributed by atoms with Crippen molar-refractivity contribution in [2.45, 2.75) is 12.5 Å². The molecule has 1 saturated heterocycles. The van der Waals surface area contributed by atoms with E-state index in [-0.39, 0.29) is 5.91 Å². The molecule has 3 amide bonds. The summed E-state index contributed by atoms with van der Waals surface area (Å²) in [4.78, 5) is 26.5. The first kappa shape index (κ1) is 16.3. The van der Waals surface area contributed by atoms with E-state index in [9.17, 15) is 9.59 Å². The van der Waals surface area contributed by atoms with Gasteiger partial charge in [0, 0.05) is 24.0 Å². The lowest BCUT2D eigenvalue weighted by molar-refractivity contribution is -0.118. The fourth-order valence-electron chi connectivity index (χ4n) is 3.12. The second kappa shape index (κ2) is 6.95. The quantitative estimate of drug-likeness (QED) is 0.888. The van der Waals surface area contributed by atoms with Gasteiger partial charge in [-0.05, 0) is 30.7 Å². The van der Waals surface area contributed by atoms with E-state index in [1.807, 2.05) is 30.3 Å². The van der Waals surface area contributed by atoms with Crippen molar-refractivity contribution in [3.8, 4) is 11.5 Å². The van der Waals surface area contributed by atoms with E-state index in [1.165, 1.54) is 0 Å². The molecule has 2 aliphatic heterocycles. The zero-order valence-corrected chi connectivity index (χ0v) is 14.1. The van der Waals surface area contributed by atoms with Crippen molar-refractivity contribution in [3.05, 3.63) is 48.5 Å². The molecular formula is C19H19N3O4. The molecule has 7 heteroatoms. The highest BCUT2D eigenvalue weighted by atomic mass is 16.6. The molecule has 7 nitrogen and oxygen atoms in total. The van der Waals surface area contributed by atoms with Crippen molar-refractivity contribution < 1.29 is 19.1 Å². The van der Waals surface area contributed by atoms with Gasteiger partial charge in [0.25, 0.3) is 0 Å². The lowest BCUT2D eigenvalue weighted by Crippen LogP contribution is -2.43. The summed E-state index contributed by atoms with van der Waals surface area (Å²) in [5, 5.41) is 5.48. The molecule has 1 unspecified atom stereocenters. The molecule has 134 valence electrons. The molecule has 2 N–H and O–H groups in total. The van der Waals surface area contributed by atoms with Gasteiger partial charge in [-0.15, -0.1) is 0 Å². The standard InChI is InChI=1S/C19H19N3O4/c23-18-15(8-9-22(18)14-4-2-1-3-5-14)21-19(24)20-13-6-7-16-17(12-13)26-11-10-25-16/h1-7,12,15H,8-11H2,(H2,20,21,24). The van der Waals surface area contributed by atoms with Crippen LogP contribution in [0.4, 0.5) is 16.2 Å². The van der Waals surface area contributed by atoms with E-state index in [4.69, 9.17) is 9.47 Å². The van der Waals surface area contributed by atoms with Crippen molar-refractivity contribution in [2.24, 2.45) is 0 Å². The molecule has 26 heavy (non-hydrogen) atoms. The molecule has 2 aromatic rings. The second-order valence-corrected chi connectivity index (χ2v) is 6.12. The predicted molar refractivity (Wildman–Crippen MR) is 96.8 cm³/mol. The first-order chi connectivity index (χ1) is 12.7. The van der Waals surface area contributed by atoms with Crippen molar-refractivity contribution >= 4 is 23.3 Å². The first-order valence-corrected chi connectivity index (χ1v) is 8.54. The Labute approximate surface area is 150 Å². The lowest BCUT2D eigenvalue weighted by atomic mass is 10.2. The highest BCUT2D eigenvalue weighted by Crippen LogP contribution is 2.32. The van der Waals surface area contributed by atoms with Gasteiger partial charge in [0.15, 0.2) is 11.5 Å². The Bertz CT molecular complexity index is 825. The molecule has 1 atom stereocenters. The molecule has 0 bridgehead atoms. The van der Waals surface area contributed by atoms with Crippen LogP contribution in [0.3, 0.4) is 0 Å². The number of carbonyl (C=O) groups excluding carboxylic acids is 2. The number of nitrogens with zero attached hydrogens (tertiary/aromatic N) is 1. The minimum Gasteiger partial charge on any atom is -0.486 e. The number of urea groups is 1. The zero-order chi connectivity index (χ0) is 17.9. The Morgan fingerprint density at radius 1 is 1.04 bits per heavy atom. The van der Waals surface area contributed by atoms with Gasteiger partial charge in [-0.25, -0.2) is 4.79 Å². The van der Waals surface area contributed by atoms with E-state index in [1.54, 1.807) is 23.1 Å². The van der Waals surface area contributed by atoms with Crippen LogP contribution in [0.2, 0.25) is 0 Å². The van der Waals surface area contributed by atoms with Crippen LogP contribution < -0.4 is 25.0 Å². The highest BCUT2D eigenvalue weighted by Gasteiger charge is 2.33. The van der Waals surface area contributed by atoms with E-state index in [0.717, 1.165) is 5.69 Å². The number of carbonyl (C=O) groups is 2. The van der Waals surface area contributed by atoms with E-state index >= 15 is 0 Å². The van der Waals surface area contributed by atoms with E-state index < -0.39 is 12.1 Å². The fraction of sp³-hybridized carbons (Fsp3) is 0.263. The molecule has 1 fully saturated rings. The first-order valence-electron chi connectivity index (χ1n) is 8.54. The number of fused-ring (bicyclic) bond motifs is 1. The summed E-state index contributed by atoms with van der Waals surface area (Å²) < 4.78 is 11.0. The Balaban J connectivity index is 1.37. The van der Waals surface area contributed by atoms with Crippen LogP contribution in [0, 0.1) is 0 Å². The van der Waals surface area contributed by atoms with Crippen molar-refractivity contribution in [1.82, 2.24) is 5.32 Å². The molecule has 0 spiro atoms. The fourth-order valence-corrected chi connectivity index (χ4v) is 3.12. The van der Waals surface area contributed by atoms with Gasteiger partial charge >= 0.3 is 6.03 Å². The highest BCUT2D eigenvalue weighted by molar-refractivity contribution is 6.02. The molecule has 2 aliphatic rings. The number of para-hydroxylation sites is 1. The van der Waals surface area contributed by atoms with Crippen LogP contribution in [0.15, 0.2) is 48.5 Å². The topological polar surface area (TPSA) is 79.9 Å². The van der Waals surface area contributed by atoms with Crippen LogP contribution in [-0.4, -0.2) is 37.7 Å².